The molecule has 2 rings (SSSR count). The third-order valence-corrected chi connectivity index (χ3v) is 3.22. The predicted molar refractivity (Wildman–Crippen MR) is 74.0 cm³/mol. The second kappa shape index (κ2) is 8.29. The zero-order chi connectivity index (χ0) is 14.1. The molecule has 0 bridgehead atoms. The van der Waals surface area contributed by atoms with Crippen LogP contribution in [0.3, 0.4) is 0 Å². The van der Waals surface area contributed by atoms with E-state index in [9.17, 15) is 9.59 Å². The lowest BCUT2D eigenvalue weighted by Crippen LogP contribution is -2.17. The van der Waals surface area contributed by atoms with Gasteiger partial charge in [0.2, 0.25) is 0 Å². The molecule has 0 aliphatic heterocycles. The number of carbonyl (C=O) groups excluding carboxylic acids is 1. The van der Waals surface area contributed by atoms with Crippen LogP contribution in [0.25, 0.3) is 0 Å². The molecule has 1 amide bonds. The van der Waals surface area contributed by atoms with Crippen LogP contribution in [-0.2, 0) is 4.79 Å². The molecule has 1 aliphatic carbocycles. The zero-order valence-corrected chi connectivity index (χ0v) is 11.3. The van der Waals surface area contributed by atoms with Crippen LogP contribution in [0.5, 0.6) is 0 Å². The van der Waals surface area contributed by atoms with Crippen molar-refractivity contribution >= 4 is 11.9 Å². The summed E-state index contributed by atoms with van der Waals surface area (Å²) >= 11 is 0. The highest BCUT2D eigenvalue weighted by atomic mass is 16.4. The molecule has 1 saturated carbocycles. The Kier molecular flexibility index (Phi) is 6.64. The molecule has 0 atom stereocenters. The summed E-state index contributed by atoms with van der Waals surface area (Å²) in [4.78, 5) is 21.3. The molecule has 0 heterocycles. The maximum absolute atomic E-state index is 10.9. The molecule has 19 heavy (non-hydrogen) atoms. The summed E-state index contributed by atoms with van der Waals surface area (Å²) in [7, 11) is 1.62. The Bertz CT molecular complexity index is 397. The zero-order valence-electron chi connectivity index (χ0n) is 11.3. The van der Waals surface area contributed by atoms with Crippen molar-refractivity contribution in [2.75, 3.05) is 7.05 Å². The fraction of sp³-hybridized carbons (Fsp3) is 0.467. The van der Waals surface area contributed by atoms with E-state index < -0.39 is 5.97 Å². The highest BCUT2D eigenvalue weighted by Crippen LogP contribution is 2.23. The lowest BCUT2D eigenvalue weighted by Gasteiger charge is -2.16. The summed E-state index contributed by atoms with van der Waals surface area (Å²) < 4.78 is 0. The maximum atomic E-state index is 10.9. The maximum Gasteiger partial charge on any atom is 0.306 e. The Morgan fingerprint density at radius 2 is 1.68 bits per heavy atom. The molecule has 0 aromatic heterocycles. The van der Waals surface area contributed by atoms with Crippen LogP contribution in [0, 0.1) is 5.92 Å². The first-order valence-electron chi connectivity index (χ1n) is 6.65. The predicted octanol–water partition coefficient (Wildman–Crippen LogP) is 2.70. The van der Waals surface area contributed by atoms with Crippen molar-refractivity contribution in [1.82, 2.24) is 5.32 Å². The molecule has 0 radical (unpaired) electrons. The van der Waals surface area contributed by atoms with Gasteiger partial charge >= 0.3 is 5.97 Å². The Labute approximate surface area is 113 Å². The minimum absolute atomic E-state index is 0.0289. The van der Waals surface area contributed by atoms with Crippen LogP contribution < -0.4 is 5.32 Å². The van der Waals surface area contributed by atoms with Gasteiger partial charge < -0.3 is 10.4 Å². The minimum atomic E-state index is -0.602. The summed E-state index contributed by atoms with van der Waals surface area (Å²) in [6.07, 6.45) is 5.24. The van der Waals surface area contributed by atoms with Crippen LogP contribution >= 0.6 is 0 Å². The quantitative estimate of drug-likeness (QED) is 0.862. The van der Waals surface area contributed by atoms with Gasteiger partial charge in [0.15, 0.2) is 0 Å². The summed E-state index contributed by atoms with van der Waals surface area (Å²) in [5.41, 5.74) is 0.699. The number of hydrogen-bond acceptors (Lipinski definition) is 2. The highest BCUT2D eigenvalue weighted by Gasteiger charge is 2.19. The SMILES string of the molecule is CNC(=O)c1ccccc1.O=C(O)C1CCCCC1. The van der Waals surface area contributed by atoms with Crippen molar-refractivity contribution < 1.29 is 14.7 Å². The van der Waals surface area contributed by atoms with E-state index >= 15 is 0 Å². The molecule has 4 heteroatoms. The standard InChI is InChI=1S/C8H9NO.C7H12O2/c1-9-8(10)7-5-3-2-4-6-7;8-7(9)6-4-2-1-3-5-6/h2-6H,1H3,(H,9,10);6H,1-5H2,(H,8,9). The van der Waals surface area contributed by atoms with E-state index in [0.717, 1.165) is 25.7 Å². The van der Waals surface area contributed by atoms with Gasteiger partial charge in [-0.15, -0.1) is 0 Å². The largest absolute Gasteiger partial charge is 0.481 e. The molecule has 1 aromatic rings. The first-order chi connectivity index (χ1) is 9.15. The van der Waals surface area contributed by atoms with Gasteiger partial charge in [0, 0.05) is 12.6 Å². The Hall–Kier alpha value is -1.84. The van der Waals surface area contributed by atoms with E-state index in [1.54, 1.807) is 19.2 Å². The van der Waals surface area contributed by atoms with Gasteiger partial charge in [0.25, 0.3) is 5.91 Å². The van der Waals surface area contributed by atoms with E-state index in [1.165, 1.54) is 6.42 Å². The third kappa shape index (κ3) is 5.55. The lowest BCUT2D eigenvalue weighted by atomic mass is 9.90. The van der Waals surface area contributed by atoms with Crippen molar-refractivity contribution in [2.45, 2.75) is 32.1 Å². The first kappa shape index (κ1) is 15.2. The number of hydrogen-bond donors (Lipinski definition) is 2. The number of carboxylic acid groups (broad SMARTS) is 1. The summed E-state index contributed by atoms with van der Waals surface area (Å²) in [6.45, 7) is 0. The number of carboxylic acids is 1. The molecule has 1 aliphatic rings. The van der Waals surface area contributed by atoms with E-state index in [0.29, 0.717) is 5.56 Å². The molecule has 0 saturated heterocycles. The summed E-state index contributed by atoms with van der Waals surface area (Å²) in [5, 5.41) is 11.1. The van der Waals surface area contributed by atoms with Crippen LogP contribution in [0.4, 0.5) is 0 Å². The molecule has 1 aromatic carbocycles. The molecule has 4 nitrogen and oxygen atoms in total. The minimum Gasteiger partial charge on any atom is -0.481 e. The van der Waals surface area contributed by atoms with E-state index in [-0.39, 0.29) is 11.8 Å². The second-order valence-corrected chi connectivity index (χ2v) is 4.62. The van der Waals surface area contributed by atoms with Gasteiger partial charge in [-0.2, -0.15) is 0 Å². The Balaban J connectivity index is 0.000000191. The van der Waals surface area contributed by atoms with Crippen molar-refractivity contribution in [3.8, 4) is 0 Å². The summed E-state index contributed by atoms with van der Waals surface area (Å²) in [6, 6.07) is 9.11. The smallest absolute Gasteiger partial charge is 0.306 e. The van der Waals surface area contributed by atoms with Crippen molar-refractivity contribution in [2.24, 2.45) is 5.92 Å². The van der Waals surface area contributed by atoms with Gasteiger partial charge in [-0.25, -0.2) is 0 Å². The normalized spacial score (nSPS) is 15.0. The fourth-order valence-electron chi connectivity index (χ4n) is 2.08. The van der Waals surface area contributed by atoms with Gasteiger partial charge in [-0.3, -0.25) is 9.59 Å². The van der Waals surface area contributed by atoms with Gasteiger partial charge in [0.05, 0.1) is 5.92 Å². The van der Waals surface area contributed by atoms with Gasteiger partial charge in [0.1, 0.15) is 0 Å². The lowest BCUT2D eigenvalue weighted by molar-refractivity contribution is -0.142. The molecule has 104 valence electrons. The molecule has 1 fully saturated rings. The van der Waals surface area contributed by atoms with Crippen LogP contribution in [0.15, 0.2) is 30.3 Å². The van der Waals surface area contributed by atoms with Gasteiger partial charge in [-0.1, -0.05) is 37.5 Å². The van der Waals surface area contributed by atoms with Crippen LogP contribution in [0.1, 0.15) is 42.5 Å². The third-order valence-electron chi connectivity index (χ3n) is 3.22. The molecular weight excluding hydrogens is 242 g/mol. The molecular formula is C15H21NO3. The average molecular weight is 263 g/mol. The topological polar surface area (TPSA) is 66.4 Å². The number of aliphatic carboxylic acids is 1. The monoisotopic (exact) mass is 263 g/mol. The van der Waals surface area contributed by atoms with E-state index in [4.69, 9.17) is 5.11 Å². The van der Waals surface area contributed by atoms with Crippen LogP contribution in [0.2, 0.25) is 0 Å². The first-order valence-corrected chi connectivity index (χ1v) is 6.65. The van der Waals surface area contributed by atoms with E-state index in [2.05, 4.69) is 5.32 Å². The van der Waals surface area contributed by atoms with Crippen molar-refractivity contribution in [1.29, 1.82) is 0 Å². The number of amides is 1. The van der Waals surface area contributed by atoms with Crippen molar-refractivity contribution in [3.05, 3.63) is 35.9 Å². The number of benzene rings is 1. The average Bonchev–Trinajstić information content (AvgIpc) is 2.49. The number of carbonyl (C=O) groups is 2. The molecule has 2 N–H and O–H groups in total. The fourth-order valence-corrected chi connectivity index (χ4v) is 2.08. The number of rotatable bonds is 2. The van der Waals surface area contributed by atoms with E-state index in [1.807, 2.05) is 18.2 Å². The molecule has 0 spiro atoms. The summed E-state index contributed by atoms with van der Waals surface area (Å²) in [5.74, 6) is -0.672. The highest BCUT2D eigenvalue weighted by molar-refractivity contribution is 5.93. The molecule has 0 unspecified atom stereocenters. The van der Waals surface area contributed by atoms with Crippen molar-refractivity contribution in [3.63, 3.8) is 0 Å². The Morgan fingerprint density at radius 1 is 1.11 bits per heavy atom. The second-order valence-electron chi connectivity index (χ2n) is 4.62. The Morgan fingerprint density at radius 3 is 2.11 bits per heavy atom. The van der Waals surface area contributed by atoms with Gasteiger partial charge in [-0.05, 0) is 25.0 Å². The number of nitrogens with one attached hydrogen (secondary N) is 1. The van der Waals surface area contributed by atoms with Crippen LogP contribution in [-0.4, -0.2) is 24.0 Å².